The first kappa shape index (κ1) is 18.4. The molecule has 0 radical (unpaired) electrons. The molecule has 2 aliphatic heterocycles. The van der Waals surface area contributed by atoms with Crippen LogP contribution in [-0.2, 0) is 10.3 Å². The van der Waals surface area contributed by atoms with E-state index in [1.165, 1.54) is 15.5 Å². The second-order valence-corrected chi connectivity index (χ2v) is 7.44. The molecular weight excluding hydrogens is 354 g/mol. The van der Waals surface area contributed by atoms with Crippen molar-refractivity contribution in [2.24, 2.45) is 0 Å². The molecule has 2 saturated heterocycles. The lowest BCUT2D eigenvalue weighted by atomic mass is 9.87. The molecule has 2 aliphatic rings. The van der Waals surface area contributed by atoms with Crippen molar-refractivity contribution in [2.75, 3.05) is 37.7 Å². The molecule has 1 aromatic heterocycles. The molecule has 0 bridgehead atoms. The molecule has 7 nitrogen and oxygen atoms in total. The number of nitrogens with one attached hydrogen (secondary N) is 3. The van der Waals surface area contributed by atoms with E-state index in [0.717, 1.165) is 31.7 Å². The average molecular weight is 381 g/mol. The van der Waals surface area contributed by atoms with Crippen molar-refractivity contribution in [1.82, 2.24) is 10.2 Å². The van der Waals surface area contributed by atoms with Gasteiger partial charge in [0.05, 0.1) is 26.2 Å². The lowest BCUT2D eigenvalue weighted by molar-refractivity contribution is -0.907. The number of imide groups is 1. The van der Waals surface area contributed by atoms with Gasteiger partial charge in [-0.05, 0) is 12.0 Å². The highest BCUT2D eigenvalue weighted by Gasteiger charge is 2.52. The van der Waals surface area contributed by atoms with Crippen molar-refractivity contribution in [1.29, 1.82) is 0 Å². The van der Waals surface area contributed by atoms with Crippen LogP contribution in [0.25, 0.3) is 0 Å². The van der Waals surface area contributed by atoms with Gasteiger partial charge >= 0.3 is 6.03 Å². The maximum atomic E-state index is 13.2. The smallest absolute Gasteiger partial charge is 0.329 e. The minimum absolute atomic E-state index is 0.139. The van der Waals surface area contributed by atoms with E-state index in [4.69, 9.17) is 0 Å². The van der Waals surface area contributed by atoms with Gasteiger partial charge in [-0.15, -0.1) is 0 Å². The summed E-state index contributed by atoms with van der Waals surface area (Å²) in [6.07, 6.45) is 4.39. The number of H-pyrrole nitrogens is 1. The van der Waals surface area contributed by atoms with E-state index < -0.39 is 5.54 Å². The van der Waals surface area contributed by atoms with Crippen LogP contribution in [0.3, 0.4) is 0 Å². The van der Waals surface area contributed by atoms with Crippen LogP contribution < -0.4 is 20.1 Å². The Morgan fingerprint density at radius 3 is 2.39 bits per heavy atom. The third-order valence-corrected chi connectivity index (χ3v) is 5.89. The van der Waals surface area contributed by atoms with Crippen LogP contribution in [0.5, 0.6) is 0 Å². The zero-order valence-corrected chi connectivity index (χ0v) is 16.1. The van der Waals surface area contributed by atoms with Crippen LogP contribution in [0, 0.1) is 0 Å². The number of aromatic nitrogens is 1. The van der Waals surface area contributed by atoms with Gasteiger partial charge in [0.25, 0.3) is 5.91 Å². The number of benzene rings is 1. The number of anilines is 1. The van der Waals surface area contributed by atoms with E-state index in [1.54, 1.807) is 0 Å². The molecule has 7 heteroatoms. The summed E-state index contributed by atoms with van der Waals surface area (Å²) in [4.78, 5) is 33.9. The lowest BCUT2D eigenvalue weighted by Gasteiger charge is -2.34. The Morgan fingerprint density at radius 2 is 1.75 bits per heavy atom. The number of nitrogens with zero attached hydrogens (tertiary/aromatic N) is 2. The van der Waals surface area contributed by atoms with Gasteiger partial charge in [-0.25, -0.2) is 14.7 Å². The van der Waals surface area contributed by atoms with E-state index in [0.29, 0.717) is 13.1 Å². The van der Waals surface area contributed by atoms with Crippen LogP contribution in [0.15, 0.2) is 54.9 Å². The Labute approximate surface area is 164 Å². The summed E-state index contributed by atoms with van der Waals surface area (Å²) in [5, 5.41) is 2.97. The Hall–Kier alpha value is -2.93. The van der Waals surface area contributed by atoms with Crippen LogP contribution >= 0.6 is 0 Å². The standard InChI is InChI=1S/C21H25N5O2/c1-2-21(17-6-4-3-5-7-17)19(27)26(20(28)23-21)16-24-12-14-25(15-13-24)18-8-10-22-11-9-18/h3-11H,2,12-16H2,1H3,(H,23,28)/p+2/t21-/m1/s1. The molecule has 2 fully saturated rings. The van der Waals surface area contributed by atoms with Crippen molar-refractivity contribution in [3.63, 3.8) is 0 Å². The molecule has 3 amide bonds. The SMILES string of the molecule is CC[C@]1(c2ccccc2)NC(=O)N(C[NH+]2CCN(c3cc[nH+]cc3)CC2)C1=O. The summed E-state index contributed by atoms with van der Waals surface area (Å²) in [5.41, 5.74) is 1.10. The Kier molecular flexibility index (Phi) is 5.00. The molecule has 0 spiro atoms. The molecule has 0 unspecified atom stereocenters. The third-order valence-electron chi connectivity index (χ3n) is 5.89. The quantitative estimate of drug-likeness (QED) is 0.718. The Balaban J connectivity index is 1.43. The van der Waals surface area contributed by atoms with Gasteiger partial charge in [0.15, 0.2) is 19.1 Å². The van der Waals surface area contributed by atoms with Gasteiger partial charge in [0, 0.05) is 17.8 Å². The maximum absolute atomic E-state index is 13.2. The topological polar surface area (TPSA) is 71.2 Å². The van der Waals surface area contributed by atoms with Crippen molar-refractivity contribution in [3.05, 3.63) is 60.4 Å². The van der Waals surface area contributed by atoms with E-state index in [1.807, 2.05) is 49.6 Å². The van der Waals surface area contributed by atoms with Crippen LogP contribution in [0.2, 0.25) is 0 Å². The summed E-state index contributed by atoms with van der Waals surface area (Å²) >= 11 is 0. The maximum Gasteiger partial charge on any atom is 0.329 e. The summed E-state index contributed by atoms with van der Waals surface area (Å²) in [7, 11) is 0. The zero-order valence-electron chi connectivity index (χ0n) is 16.1. The number of carbonyl (C=O) groups excluding carboxylic acids is 2. The minimum atomic E-state index is -0.944. The number of rotatable bonds is 5. The molecule has 146 valence electrons. The summed E-state index contributed by atoms with van der Waals surface area (Å²) < 4.78 is 0. The molecule has 28 heavy (non-hydrogen) atoms. The van der Waals surface area contributed by atoms with Gasteiger partial charge in [0.1, 0.15) is 5.54 Å². The van der Waals surface area contributed by atoms with Crippen LogP contribution in [0.4, 0.5) is 10.5 Å². The van der Waals surface area contributed by atoms with E-state index in [-0.39, 0.29) is 11.9 Å². The molecule has 2 aromatic rings. The molecule has 0 aliphatic carbocycles. The minimum Gasteiger partial charge on any atom is -0.360 e. The van der Waals surface area contributed by atoms with Crippen LogP contribution in [-0.4, -0.2) is 49.7 Å². The van der Waals surface area contributed by atoms with Gasteiger partial charge in [-0.1, -0.05) is 37.3 Å². The fourth-order valence-electron chi connectivity index (χ4n) is 4.18. The monoisotopic (exact) mass is 381 g/mol. The number of hydrogen-bond donors (Lipinski definition) is 2. The predicted octanol–water partition coefficient (Wildman–Crippen LogP) is 0.0204. The molecule has 0 saturated carbocycles. The first-order valence-corrected chi connectivity index (χ1v) is 9.88. The summed E-state index contributed by atoms with van der Waals surface area (Å²) in [5.74, 6) is -0.139. The van der Waals surface area contributed by atoms with Crippen molar-refractivity contribution in [3.8, 4) is 0 Å². The lowest BCUT2D eigenvalue weighted by Crippen LogP contribution is -3.16. The second kappa shape index (κ2) is 7.59. The number of quaternary nitrogens is 1. The number of hydrogen-bond acceptors (Lipinski definition) is 3. The molecule has 1 aromatic carbocycles. The largest absolute Gasteiger partial charge is 0.360 e. The highest BCUT2D eigenvalue weighted by atomic mass is 16.2. The van der Waals surface area contributed by atoms with Gasteiger partial charge in [-0.2, -0.15) is 0 Å². The highest BCUT2D eigenvalue weighted by molar-refractivity contribution is 6.07. The first-order chi connectivity index (χ1) is 13.6. The number of aromatic amines is 1. The van der Waals surface area contributed by atoms with Crippen LogP contribution in [0.1, 0.15) is 18.9 Å². The molecule has 3 N–H and O–H groups in total. The normalized spacial score (nSPS) is 23.2. The number of urea groups is 1. The summed E-state index contributed by atoms with van der Waals surface area (Å²) in [6, 6.07) is 13.4. The van der Waals surface area contributed by atoms with E-state index in [2.05, 4.69) is 27.3 Å². The van der Waals surface area contributed by atoms with E-state index >= 15 is 0 Å². The predicted molar refractivity (Wildman–Crippen MR) is 105 cm³/mol. The van der Waals surface area contributed by atoms with Crippen molar-refractivity contribution < 1.29 is 19.5 Å². The average Bonchev–Trinajstić information content (AvgIpc) is 3.00. The van der Waals surface area contributed by atoms with Gasteiger partial charge < -0.3 is 15.1 Å². The second-order valence-electron chi connectivity index (χ2n) is 7.44. The summed E-state index contributed by atoms with van der Waals surface area (Å²) in [6.45, 7) is 5.94. The first-order valence-electron chi connectivity index (χ1n) is 9.88. The zero-order chi connectivity index (χ0) is 19.6. The number of piperazine rings is 1. The van der Waals surface area contributed by atoms with E-state index in [9.17, 15) is 9.59 Å². The number of amides is 3. The number of pyridine rings is 1. The van der Waals surface area contributed by atoms with Gasteiger partial charge in [-0.3, -0.25) is 4.79 Å². The fraction of sp³-hybridized carbons (Fsp3) is 0.381. The van der Waals surface area contributed by atoms with Gasteiger partial charge in [0.2, 0.25) is 0 Å². The Morgan fingerprint density at radius 1 is 1.07 bits per heavy atom. The highest BCUT2D eigenvalue weighted by Crippen LogP contribution is 2.31. The number of carbonyl (C=O) groups is 2. The molecule has 1 atom stereocenters. The third kappa shape index (κ3) is 3.22. The Bertz CT molecular complexity index is 836. The fourth-order valence-corrected chi connectivity index (χ4v) is 4.18. The van der Waals surface area contributed by atoms with Crippen molar-refractivity contribution >= 4 is 17.6 Å². The molecule has 3 heterocycles. The molecular formula is C21H27N5O2+2. The van der Waals surface area contributed by atoms with Crippen molar-refractivity contribution in [2.45, 2.75) is 18.9 Å². The molecule has 4 rings (SSSR count).